The Bertz CT molecular complexity index is 1550. The zero-order valence-electron chi connectivity index (χ0n) is 22.3. The molecule has 0 heterocycles. The van der Waals surface area contributed by atoms with Crippen LogP contribution in [0.15, 0.2) is 53.3 Å². The minimum atomic E-state index is -2.68. The first-order chi connectivity index (χ1) is 18.8. The third kappa shape index (κ3) is 3.86. The van der Waals surface area contributed by atoms with E-state index in [0.29, 0.717) is 17.5 Å². The molecule has 0 spiro atoms. The summed E-state index contributed by atoms with van der Waals surface area (Å²) in [6, 6.07) is 9.27. The molecule has 5 rings (SSSR count). The van der Waals surface area contributed by atoms with Gasteiger partial charge in [0.25, 0.3) is 5.91 Å². The van der Waals surface area contributed by atoms with Gasteiger partial charge in [0.1, 0.15) is 28.6 Å². The van der Waals surface area contributed by atoms with Crippen LogP contribution >= 0.6 is 0 Å². The van der Waals surface area contributed by atoms with Crippen molar-refractivity contribution in [3.8, 4) is 16.9 Å². The van der Waals surface area contributed by atoms with Gasteiger partial charge in [-0.25, -0.2) is 0 Å². The van der Waals surface area contributed by atoms with Crippen LogP contribution in [-0.2, 0) is 32.0 Å². The lowest BCUT2D eigenvalue weighted by Gasteiger charge is -2.50. The van der Waals surface area contributed by atoms with Gasteiger partial charge in [-0.15, -0.1) is 0 Å². The van der Waals surface area contributed by atoms with Crippen molar-refractivity contribution in [3.63, 3.8) is 0 Å². The lowest BCUT2D eigenvalue weighted by atomic mass is 9.57. The molecule has 0 unspecified atom stereocenters. The Hall–Kier alpha value is -4.28. The molecule has 3 aliphatic rings. The summed E-state index contributed by atoms with van der Waals surface area (Å²) >= 11 is 0. The molecule has 0 radical (unpaired) electrons. The van der Waals surface area contributed by atoms with E-state index in [2.05, 4.69) is 0 Å². The zero-order valence-corrected chi connectivity index (χ0v) is 22.3. The number of fused-ring (bicyclic) bond motifs is 3. The Labute approximate surface area is 230 Å². The average molecular weight is 547 g/mol. The number of carbonyl (C=O) groups is 4. The van der Waals surface area contributed by atoms with Gasteiger partial charge in [0.2, 0.25) is 5.78 Å². The van der Waals surface area contributed by atoms with Crippen LogP contribution < -0.4 is 5.73 Å². The number of nitrogens with zero attached hydrogens (tertiary/aromatic N) is 1. The van der Waals surface area contributed by atoms with Crippen molar-refractivity contribution in [2.45, 2.75) is 37.8 Å². The Morgan fingerprint density at radius 1 is 1.05 bits per heavy atom. The Morgan fingerprint density at radius 3 is 2.27 bits per heavy atom. The van der Waals surface area contributed by atoms with E-state index in [9.17, 15) is 39.6 Å². The van der Waals surface area contributed by atoms with Crippen molar-refractivity contribution in [1.29, 1.82) is 0 Å². The smallest absolute Gasteiger partial charge is 0.255 e. The number of amides is 1. The highest BCUT2D eigenvalue weighted by Gasteiger charge is 2.64. The number of aromatic hydroxyl groups is 1. The van der Waals surface area contributed by atoms with Gasteiger partial charge in [-0.05, 0) is 68.1 Å². The predicted octanol–water partition coefficient (Wildman–Crippen LogP) is 1.76. The minimum absolute atomic E-state index is 0.0123. The number of aliphatic hydroxyl groups excluding tert-OH is 2. The van der Waals surface area contributed by atoms with E-state index in [4.69, 9.17) is 5.73 Å². The minimum Gasteiger partial charge on any atom is -0.508 e. The van der Waals surface area contributed by atoms with E-state index in [1.165, 1.54) is 17.9 Å². The SMILES string of the molecule is CC(=O)Cc1ccc(-c2ccc(O)c3c2C[C@@H]2C[C@@H]4[C@@H](N(C)C)C(=O)C(C(N)=O)=C(O)[C@]4(O)C(=O)C2=C3O)cc1. The van der Waals surface area contributed by atoms with Crippen LogP contribution in [0.4, 0.5) is 0 Å². The number of carbonyl (C=O) groups excluding carboxylic acids is 4. The molecule has 10 nitrogen and oxygen atoms in total. The Morgan fingerprint density at radius 2 is 1.70 bits per heavy atom. The van der Waals surface area contributed by atoms with Crippen LogP contribution in [0.1, 0.15) is 30.0 Å². The lowest BCUT2D eigenvalue weighted by molar-refractivity contribution is -0.153. The first kappa shape index (κ1) is 27.3. The summed E-state index contributed by atoms with van der Waals surface area (Å²) in [4.78, 5) is 52.2. The number of ketones is 3. The van der Waals surface area contributed by atoms with E-state index in [1.54, 1.807) is 20.2 Å². The Balaban J connectivity index is 1.68. The molecular formula is C30H30N2O8. The maximum Gasteiger partial charge on any atom is 0.255 e. The summed E-state index contributed by atoms with van der Waals surface area (Å²) in [5, 5.41) is 44.8. The number of phenols is 1. The molecule has 2 aromatic rings. The van der Waals surface area contributed by atoms with Gasteiger partial charge in [0.05, 0.1) is 11.6 Å². The normalized spacial score (nSPS) is 26.0. The third-order valence-corrected chi connectivity index (χ3v) is 8.32. The average Bonchev–Trinajstić information content (AvgIpc) is 2.86. The van der Waals surface area contributed by atoms with Gasteiger partial charge in [-0.1, -0.05) is 30.3 Å². The summed E-state index contributed by atoms with van der Waals surface area (Å²) < 4.78 is 0. The van der Waals surface area contributed by atoms with Crippen LogP contribution in [0.3, 0.4) is 0 Å². The number of rotatable bonds is 5. The van der Waals surface area contributed by atoms with E-state index in [1.807, 2.05) is 24.3 Å². The topological polar surface area (TPSA) is 178 Å². The van der Waals surface area contributed by atoms with E-state index in [0.717, 1.165) is 11.1 Å². The molecule has 6 N–H and O–H groups in total. The molecule has 4 atom stereocenters. The first-order valence-electron chi connectivity index (χ1n) is 12.9. The molecule has 0 aromatic heterocycles. The number of likely N-dealkylation sites (N-methyl/N-ethyl adjacent to an activating group) is 1. The molecule has 40 heavy (non-hydrogen) atoms. The first-order valence-corrected chi connectivity index (χ1v) is 12.9. The number of hydrogen-bond donors (Lipinski definition) is 5. The molecule has 1 amide bonds. The van der Waals surface area contributed by atoms with Gasteiger partial charge in [0, 0.05) is 17.9 Å². The van der Waals surface area contributed by atoms with E-state index in [-0.39, 0.29) is 35.5 Å². The quantitative estimate of drug-likeness (QED) is 0.350. The number of phenolic OH excluding ortho intramolecular Hbond substituents is 1. The molecule has 0 bridgehead atoms. The fraction of sp³-hybridized carbons (Fsp3) is 0.333. The molecule has 2 aromatic carbocycles. The fourth-order valence-electron chi connectivity index (χ4n) is 6.60. The van der Waals surface area contributed by atoms with Crippen LogP contribution in [-0.4, -0.2) is 74.3 Å². The second-order valence-corrected chi connectivity index (χ2v) is 11.0. The Kier molecular flexibility index (Phi) is 6.43. The highest BCUT2D eigenvalue weighted by Crippen LogP contribution is 2.53. The van der Waals surface area contributed by atoms with Crippen LogP contribution in [0.5, 0.6) is 5.75 Å². The fourth-order valence-corrected chi connectivity index (χ4v) is 6.60. The van der Waals surface area contributed by atoms with Gasteiger partial charge in [-0.3, -0.25) is 24.1 Å². The van der Waals surface area contributed by atoms with Gasteiger partial charge in [0.15, 0.2) is 11.4 Å². The van der Waals surface area contributed by atoms with Crippen molar-refractivity contribution >= 4 is 29.0 Å². The summed E-state index contributed by atoms with van der Waals surface area (Å²) in [5.41, 5.74) is 4.54. The highest BCUT2D eigenvalue weighted by molar-refractivity contribution is 6.24. The molecular weight excluding hydrogens is 516 g/mol. The highest BCUT2D eigenvalue weighted by atomic mass is 16.3. The monoisotopic (exact) mass is 546 g/mol. The number of Topliss-reactive ketones (excluding diaryl/α,β-unsaturated/α-hetero) is 3. The summed E-state index contributed by atoms with van der Waals surface area (Å²) in [5.74, 6) is -6.84. The second-order valence-electron chi connectivity index (χ2n) is 11.0. The van der Waals surface area contributed by atoms with Crippen LogP contribution in [0.25, 0.3) is 16.9 Å². The van der Waals surface area contributed by atoms with Crippen molar-refractivity contribution < 1.29 is 39.6 Å². The molecule has 3 aliphatic carbocycles. The van der Waals surface area contributed by atoms with Crippen LogP contribution in [0.2, 0.25) is 0 Å². The van der Waals surface area contributed by atoms with Gasteiger partial charge >= 0.3 is 0 Å². The van der Waals surface area contributed by atoms with Crippen molar-refractivity contribution in [3.05, 3.63) is 70.0 Å². The third-order valence-electron chi connectivity index (χ3n) is 8.32. The number of aliphatic hydroxyl groups is 3. The summed E-state index contributed by atoms with van der Waals surface area (Å²) in [6.45, 7) is 1.51. The number of primary amides is 1. The maximum atomic E-state index is 13.9. The number of benzene rings is 2. The molecule has 10 heteroatoms. The molecule has 0 saturated heterocycles. The predicted molar refractivity (Wildman–Crippen MR) is 144 cm³/mol. The van der Waals surface area contributed by atoms with Gasteiger partial charge in [-0.2, -0.15) is 0 Å². The molecule has 1 fully saturated rings. The molecule has 208 valence electrons. The van der Waals surface area contributed by atoms with Crippen molar-refractivity contribution in [1.82, 2.24) is 4.90 Å². The molecule has 1 saturated carbocycles. The lowest BCUT2D eigenvalue weighted by Crippen LogP contribution is -2.65. The number of nitrogens with two attached hydrogens (primary N) is 1. The van der Waals surface area contributed by atoms with Crippen molar-refractivity contribution in [2.24, 2.45) is 17.6 Å². The van der Waals surface area contributed by atoms with E-state index < -0.39 is 58.0 Å². The van der Waals surface area contributed by atoms with E-state index >= 15 is 0 Å². The largest absolute Gasteiger partial charge is 0.508 e. The number of hydrogen-bond acceptors (Lipinski definition) is 9. The van der Waals surface area contributed by atoms with Crippen LogP contribution in [0, 0.1) is 11.8 Å². The summed E-state index contributed by atoms with van der Waals surface area (Å²) in [7, 11) is 3.11. The standard InChI is InChI=1S/C30H30N2O8/c1-13(33)10-14-4-6-15(7-5-14)17-8-9-20(34)22-18(17)11-16-12-19-24(32(2)3)26(36)23(29(31)39)28(38)30(19,40)27(37)21(16)25(22)35/h4-9,16,19,24,34-35,38,40H,10-12H2,1-3H3,(H2,31,39)/t16-,19-,24-,30-/m1/s1. The van der Waals surface area contributed by atoms with Gasteiger partial charge < -0.3 is 26.2 Å². The summed E-state index contributed by atoms with van der Waals surface area (Å²) in [6.07, 6.45) is 0.492. The second kappa shape index (κ2) is 9.42. The maximum absolute atomic E-state index is 13.9. The van der Waals surface area contributed by atoms with Crippen molar-refractivity contribution in [2.75, 3.05) is 14.1 Å². The molecule has 0 aliphatic heterocycles. The zero-order chi connectivity index (χ0) is 29.3.